The van der Waals surface area contributed by atoms with Gasteiger partial charge in [-0.15, -0.1) is 0 Å². The number of hydrogen-bond acceptors (Lipinski definition) is 6. The van der Waals surface area contributed by atoms with Crippen LogP contribution >= 0.6 is 0 Å². The van der Waals surface area contributed by atoms with Gasteiger partial charge in [0.2, 0.25) is 0 Å². The van der Waals surface area contributed by atoms with Gasteiger partial charge in [-0.05, 0) is 55.5 Å². The zero-order valence-electron chi connectivity index (χ0n) is 20.0. The van der Waals surface area contributed by atoms with Gasteiger partial charge in [0, 0.05) is 49.9 Å². The van der Waals surface area contributed by atoms with Crippen molar-refractivity contribution in [1.29, 1.82) is 0 Å². The van der Waals surface area contributed by atoms with E-state index in [2.05, 4.69) is 21.7 Å². The van der Waals surface area contributed by atoms with E-state index in [0.29, 0.717) is 42.3 Å². The molecule has 1 saturated carbocycles. The minimum Gasteiger partial charge on any atom is -0.494 e. The SMILES string of the molecule is COc1cc(C(=O)N2CC[C@@H](O)[C@@H](N)C2)cc2nc(-c3cc4cccnc4n3CC3CC3)n(C)c12. The molecule has 1 aliphatic carbocycles. The van der Waals surface area contributed by atoms with Crippen LogP contribution in [0.2, 0.25) is 0 Å². The van der Waals surface area contributed by atoms with E-state index in [-0.39, 0.29) is 5.91 Å². The number of aliphatic hydroxyl groups excluding tert-OH is 1. The van der Waals surface area contributed by atoms with Crippen molar-refractivity contribution in [1.82, 2.24) is 24.0 Å². The van der Waals surface area contributed by atoms with Crippen molar-refractivity contribution in [2.24, 2.45) is 18.7 Å². The van der Waals surface area contributed by atoms with Gasteiger partial charge in [0.15, 0.2) is 5.82 Å². The third-order valence-electron chi connectivity index (χ3n) is 7.33. The van der Waals surface area contributed by atoms with Gasteiger partial charge in [0.1, 0.15) is 16.9 Å². The Labute approximate surface area is 203 Å². The third-order valence-corrected chi connectivity index (χ3v) is 7.33. The summed E-state index contributed by atoms with van der Waals surface area (Å²) in [5, 5.41) is 11.0. The Balaban J connectivity index is 1.45. The number of piperidine rings is 1. The van der Waals surface area contributed by atoms with E-state index < -0.39 is 12.1 Å². The largest absolute Gasteiger partial charge is 0.494 e. The molecule has 2 fully saturated rings. The number of likely N-dealkylation sites (tertiary alicyclic amines) is 1. The number of aromatic nitrogens is 4. The summed E-state index contributed by atoms with van der Waals surface area (Å²) in [6.45, 7) is 1.71. The Morgan fingerprint density at radius 1 is 1.26 bits per heavy atom. The second-order valence-electron chi connectivity index (χ2n) is 9.81. The van der Waals surface area contributed by atoms with Crippen molar-refractivity contribution in [2.75, 3.05) is 20.2 Å². The van der Waals surface area contributed by atoms with Crippen LogP contribution in [-0.2, 0) is 13.6 Å². The quantitative estimate of drug-likeness (QED) is 0.460. The number of carbonyl (C=O) groups excluding carboxylic acids is 1. The molecule has 35 heavy (non-hydrogen) atoms. The number of nitrogens with zero attached hydrogens (tertiary/aromatic N) is 5. The normalized spacial score (nSPS) is 20.6. The van der Waals surface area contributed by atoms with Crippen LogP contribution in [0, 0.1) is 5.92 Å². The van der Waals surface area contributed by atoms with Gasteiger partial charge in [0.25, 0.3) is 5.91 Å². The molecule has 3 N–H and O–H groups in total. The number of nitrogens with two attached hydrogens (primary N) is 1. The van der Waals surface area contributed by atoms with Crippen LogP contribution in [-0.4, -0.2) is 67.4 Å². The van der Waals surface area contributed by atoms with E-state index >= 15 is 0 Å². The molecule has 9 heteroatoms. The molecule has 0 radical (unpaired) electrons. The second-order valence-corrected chi connectivity index (χ2v) is 9.81. The molecule has 1 saturated heterocycles. The first-order valence-corrected chi connectivity index (χ1v) is 12.2. The number of hydrogen-bond donors (Lipinski definition) is 2. The number of fused-ring (bicyclic) bond motifs is 2. The molecule has 0 spiro atoms. The van der Waals surface area contributed by atoms with E-state index in [1.807, 2.05) is 29.9 Å². The zero-order chi connectivity index (χ0) is 24.3. The number of imidazole rings is 1. The number of aliphatic hydroxyl groups is 1. The van der Waals surface area contributed by atoms with E-state index in [1.165, 1.54) is 12.8 Å². The molecule has 0 bridgehead atoms. The molecular weight excluding hydrogens is 444 g/mol. The number of rotatable bonds is 5. The summed E-state index contributed by atoms with van der Waals surface area (Å²) in [6.07, 6.45) is 4.21. The Morgan fingerprint density at radius 3 is 2.83 bits per heavy atom. The van der Waals surface area contributed by atoms with Crippen molar-refractivity contribution in [2.45, 2.75) is 38.0 Å². The molecule has 0 unspecified atom stereocenters. The lowest BCUT2D eigenvalue weighted by Gasteiger charge is -2.34. The van der Waals surface area contributed by atoms with Crippen LogP contribution in [0.4, 0.5) is 0 Å². The average Bonchev–Trinajstić information content (AvgIpc) is 3.53. The molecule has 3 aromatic heterocycles. The molecule has 4 heterocycles. The van der Waals surface area contributed by atoms with Gasteiger partial charge < -0.3 is 29.6 Å². The highest BCUT2D eigenvalue weighted by molar-refractivity contribution is 6.00. The summed E-state index contributed by atoms with van der Waals surface area (Å²) in [4.78, 5) is 24.6. The van der Waals surface area contributed by atoms with Crippen LogP contribution in [0.25, 0.3) is 33.6 Å². The minimum atomic E-state index is -0.578. The molecule has 1 amide bonds. The van der Waals surface area contributed by atoms with Gasteiger partial charge in [-0.1, -0.05) is 0 Å². The van der Waals surface area contributed by atoms with Crippen molar-refractivity contribution in [3.05, 3.63) is 42.1 Å². The third kappa shape index (κ3) is 3.75. The number of benzene rings is 1. The van der Waals surface area contributed by atoms with Crippen LogP contribution in [0.3, 0.4) is 0 Å². The Hall–Kier alpha value is -3.43. The Bertz CT molecular complexity index is 1440. The van der Waals surface area contributed by atoms with Crippen LogP contribution in [0.1, 0.15) is 29.6 Å². The first kappa shape index (κ1) is 22.1. The van der Waals surface area contributed by atoms with Crippen LogP contribution in [0.5, 0.6) is 5.75 Å². The maximum atomic E-state index is 13.3. The van der Waals surface area contributed by atoms with Crippen molar-refractivity contribution >= 4 is 28.0 Å². The maximum absolute atomic E-state index is 13.3. The number of carbonyl (C=O) groups is 1. The summed E-state index contributed by atoms with van der Waals surface area (Å²) in [5.41, 5.74) is 10.0. The predicted octanol–water partition coefficient (Wildman–Crippen LogP) is 2.54. The van der Waals surface area contributed by atoms with Gasteiger partial charge in [0.05, 0.1) is 24.4 Å². The number of methoxy groups -OCH3 is 1. The van der Waals surface area contributed by atoms with E-state index in [1.54, 1.807) is 18.1 Å². The number of amides is 1. The maximum Gasteiger partial charge on any atom is 0.254 e. The summed E-state index contributed by atoms with van der Waals surface area (Å²) >= 11 is 0. The molecule has 1 aliphatic heterocycles. The molecule has 2 aliphatic rings. The topological polar surface area (TPSA) is 111 Å². The summed E-state index contributed by atoms with van der Waals surface area (Å²) in [5.74, 6) is 1.95. The van der Waals surface area contributed by atoms with Gasteiger partial charge in [-0.3, -0.25) is 4.79 Å². The fourth-order valence-electron chi connectivity index (χ4n) is 5.17. The molecule has 2 atom stereocenters. The first-order chi connectivity index (χ1) is 16.9. The number of aryl methyl sites for hydroxylation is 1. The monoisotopic (exact) mass is 474 g/mol. The first-order valence-electron chi connectivity index (χ1n) is 12.2. The lowest BCUT2D eigenvalue weighted by Crippen LogP contribution is -2.53. The van der Waals surface area contributed by atoms with Crippen molar-refractivity contribution in [3.8, 4) is 17.3 Å². The lowest BCUT2D eigenvalue weighted by molar-refractivity contribution is 0.0459. The Morgan fingerprint density at radius 2 is 2.09 bits per heavy atom. The van der Waals surface area contributed by atoms with Crippen molar-refractivity contribution in [3.63, 3.8) is 0 Å². The highest BCUT2D eigenvalue weighted by Gasteiger charge is 2.30. The van der Waals surface area contributed by atoms with Gasteiger partial charge >= 0.3 is 0 Å². The minimum absolute atomic E-state index is 0.133. The highest BCUT2D eigenvalue weighted by Crippen LogP contribution is 2.37. The molecule has 4 aromatic rings. The van der Waals surface area contributed by atoms with Crippen LogP contribution < -0.4 is 10.5 Å². The molecule has 1 aromatic carbocycles. The summed E-state index contributed by atoms with van der Waals surface area (Å²) in [6, 6.07) is 9.33. The number of pyridine rings is 1. The predicted molar refractivity (Wildman–Crippen MR) is 133 cm³/mol. The van der Waals surface area contributed by atoms with E-state index in [0.717, 1.165) is 34.6 Å². The van der Waals surface area contributed by atoms with E-state index in [9.17, 15) is 9.90 Å². The zero-order valence-corrected chi connectivity index (χ0v) is 20.0. The van der Waals surface area contributed by atoms with E-state index in [4.69, 9.17) is 15.5 Å². The van der Waals surface area contributed by atoms with Gasteiger partial charge in [-0.2, -0.15) is 0 Å². The fourth-order valence-corrected chi connectivity index (χ4v) is 5.17. The van der Waals surface area contributed by atoms with Gasteiger partial charge in [-0.25, -0.2) is 9.97 Å². The highest BCUT2D eigenvalue weighted by atomic mass is 16.5. The van der Waals surface area contributed by atoms with Crippen LogP contribution in [0.15, 0.2) is 36.5 Å². The molecule has 182 valence electrons. The lowest BCUT2D eigenvalue weighted by atomic mass is 10.0. The number of ether oxygens (including phenoxy) is 1. The Kier molecular flexibility index (Phi) is 5.26. The van der Waals surface area contributed by atoms with Crippen molar-refractivity contribution < 1.29 is 14.6 Å². The molecular formula is C26H30N6O3. The molecule has 9 nitrogen and oxygen atoms in total. The summed E-state index contributed by atoms with van der Waals surface area (Å²) < 4.78 is 10.0. The summed E-state index contributed by atoms with van der Waals surface area (Å²) in [7, 11) is 3.59. The fraction of sp³-hybridized carbons (Fsp3) is 0.423. The second kappa shape index (κ2) is 8.35. The standard InChI is InChI=1S/C26H30N6O3/c1-30-23-19(10-17(12-22(23)35-2)26(34)31-9-7-21(33)18(27)14-31)29-25(30)20-11-16-4-3-8-28-24(16)32(20)13-15-5-6-15/h3-4,8,10-12,15,18,21,33H,5-7,9,13-14,27H2,1-2H3/t18-,21+/m0/s1. The average molecular weight is 475 g/mol. The smallest absolute Gasteiger partial charge is 0.254 e. The molecule has 6 rings (SSSR count).